The zero-order valence-electron chi connectivity index (χ0n) is 21.0. The minimum absolute atomic E-state index is 0.0498. The van der Waals surface area contributed by atoms with Crippen LogP contribution in [0.3, 0.4) is 0 Å². The first-order chi connectivity index (χ1) is 18.0. The van der Waals surface area contributed by atoms with Gasteiger partial charge in [-0.25, -0.2) is 0 Å². The number of rotatable bonds is 8. The van der Waals surface area contributed by atoms with E-state index in [1.54, 1.807) is 24.5 Å². The maximum atomic E-state index is 13.4. The number of likely N-dealkylation sites (tertiary alicyclic amines) is 1. The molecule has 3 heterocycles. The van der Waals surface area contributed by atoms with Crippen LogP contribution in [0.1, 0.15) is 55.0 Å². The van der Waals surface area contributed by atoms with E-state index in [1.165, 1.54) is 4.90 Å². The number of aromatic nitrogens is 1. The Morgan fingerprint density at radius 3 is 2.73 bits per heavy atom. The molecule has 0 saturated carbocycles. The molecule has 5 rings (SSSR count). The number of aliphatic hydroxyl groups excluding tert-OH is 1. The van der Waals surface area contributed by atoms with Crippen molar-refractivity contribution in [1.82, 2.24) is 9.88 Å². The predicted molar refractivity (Wildman–Crippen MR) is 139 cm³/mol. The van der Waals surface area contributed by atoms with Crippen LogP contribution in [-0.2, 0) is 22.6 Å². The Morgan fingerprint density at radius 2 is 1.95 bits per heavy atom. The number of aliphatic hydroxyl groups is 1. The van der Waals surface area contributed by atoms with Gasteiger partial charge in [0.2, 0.25) is 0 Å². The van der Waals surface area contributed by atoms with Crippen LogP contribution in [0.4, 0.5) is 0 Å². The predicted octanol–water partition coefficient (Wildman–Crippen LogP) is 5.21. The van der Waals surface area contributed by atoms with Gasteiger partial charge in [0.25, 0.3) is 11.7 Å². The Kier molecular flexibility index (Phi) is 6.95. The van der Waals surface area contributed by atoms with Gasteiger partial charge >= 0.3 is 0 Å². The van der Waals surface area contributed by atoms with Gasteiger partial charge in [-0.2, -0.15) is 0 Å². The number of amides is 1. The van der Waals surface area contributed by atoms with Gasteiger partial charge in [0.1, 0.15) is 23.4 Å². The minimum atomic E-state index is -0.772. The molecule has 2 aliphatic heterocycles. The monoisotopic (exact) mass is 498 g/mol. The highest BCUT2D eigenvalue weighted by Crippen LogP contribution is 2.42. The van der Waals surface area contributed by atoms with Gasteiger partial charge < -0.3 is 19.5 Å². The number of hydrogen-bond acceptors (Lipinski definition) is 6. The molecule has 0 spiro atoms. The lowest BCUT2D eigenvalue weighted by Gasteiger charge is -2.26. The summed E-state index contributed by atoms with van der Waals surface area (Å²) in [5, 5.41) is 11.5. The first-order valence-corrected chi connectivity index (χ1v) is 12.7. The first kappa shape index (κ1) is 24.6. The average molecular weight is 499 g/mol. The molecule has 1 fully saturated rings. The summed E-state index contributed by atoms with van der Waals surface area (Å²) in [6.45, 7) is 4.86. The molecule has 0 radical (unpaired) electrons. The number of benzene rings is 2. The molecular weight excluding hydrogens is 468 g/mol. The highest BCUT2D eigenvalue weighted by atomic mass is 16.5. The smallest absolute Gasteiger partial charge is 0.295 e. The fourth-order valence-electron chi connectivity index (χ4n) is 4.91. The van der Waals surface area contributed by atoms with E-state index in [0.717, 1.165) is 29.7 Å². The molecule has 2 unspecified atom stereocenters. The van der Waals surface area contributed by atoms with Crippen molar-refractivity contribution >= 4 is 17.4 Å². The maximum absolute atomic E-state index is 13.4. The lowest BCUT2D eigenvalue weighted by Crippen LogP contribution is -2.29. The van der Waals surface area contributed by atoms with Crippen LogP contribution in [0.5, 0.6) is 11.5 Å². The molecule has 2 aliphatic rings. The number of ketones is 1. The van der Waals surface area contributed by atoms with E-state index in [0.29, 0.717) is 29.9 Å². The summed E-state index contributed by atoms with van der Waals surface area (Å²) in [5.41, 5.74) is 3.05. The SMILES string of the molecule is CCCCOc1cccc(C2/C(=C(\O)c3ccc4c(c3)CC(C)O4)C(=O)C(=O)N2Cc2ccncc2)c1. The van der Waals surface area contributed by atoms with Crippen molar-refractivity contribution in [3.05, 3.63) is 94.8 Å². The molecule has 7 nitrogen and oxygen atoms in total. The Labute approximate surface area is 216 Å². The van der Waals surface area contributed by atoms with Gasteiger partial charge in [0, 0.05) is 30.9 Å². The van der Waals surface area contributed by atoms with Crippen LogP contribution in [0.2, 0.25) is 0 Å². The van der Waals surface area contributed by atoms with Crippen molar-refractivity contribution in [2.45, 2.75) is 51.8 Å². The molecule has 2 atom stereocenters. The standard InChI is InChI=1S/C30H30N2O5/c1-3-4-14-36-24-7-5-6-21(17-24)27-26(28(33)22-8-9-25-23(16-22)15-19(2)37-25)29(34)30(35)32(27)18-20-10-12-31-13-11-20/h5-13,16-17,19,27,33H,3-4,14-15,18H2,1-2H3/b28-26+. The summed E-state index contributed by atoms with van der Waals surface area (Å²) >= 11 is 0. The fourth-order valence-corrected chi connectivity index (χ4v) is 4.91. The van der Waals surface area contributed by atoms with Gasteiger partial charge in [0.15, 0.2) is 0 Å². The van der Waals surface area contributed by atoms with Crippen molar-refractivity contribution in [3.63, 3.8) is 0 Å². The van der Waals surface area contributed by atoms with E-state index >= 15 is 0 Å². The number of carbonyl (C=O) groups is 2. The zero-order chi connectivity index (χ0) is 25.9. The minimum Gasteiger partial charge on any atom is -0.507 e. The van der Waals surface area contributed by atoms with Gasteiger partial charge in [-0.15, -0.1) is 0 Å². The molecule has 1 aromatic heterocycles. The van der Waals surface area contributed by atoms with Crippen LogP contribution in [-0.4, -0.2) is 39.4 Å². The van der Waals surface area contributed by atoms with Crippen molar-refractivity contribution in [1.29, 1.82) is 0 Å². The van der Waals surface area contributed by atoms with Crippen LogP contribution in [0, 0.1) is 0 Å². The third kappa shape index (κ3) is 4.94. The Balaban J connectivity index is 1.59. The van der Waals surface area contributed by atoms with E-state index < -0.39 is 17.7 Å². The normalized spacial score (nSPS) is 20.1. The Hall–Kier alpha value is -4.13. The van der Waals surface area contributed by atoms with Gasteiger partial charge in [-0.05, 0) is 72.5 Å². The first-order valence-electron chi connectivity index (χ1n) is 12.7. The number of carbonyl (C=O) groups excluding carboxylic acids is 2. The summed E-state index contributed by atoms with van der Waals surface area (Å²) in [5.74, 6) is -0.127. The number of nitrogens with zero attached hydrogens (tertiary/aromatic N) is 2. The molecule has 1 N–H and O–H groups in total. The third-order valence-corrected chi connectivity index (χ3v) is 6.75. The molecule has 7 heteroatoms. The molecule has 2 aromatic carbocycles. The highest BCUT2D eigenvalue weighted by Gasteiger charge is 2.46. The van der Waals surface area contributed by atoms with E-state index in [2.05, 4.69) is 11.9 Å². The lowest BCUT2D eigenvalue weighted by atomic mass is 9.94. The summed E-state index contributed by atoms with van der Waals surface area (Å²) in [7, 11) is 0. The third-order valence-electron chi connectivity index (χ3n) is 6.75. The summed E-state index contributed by atoms with van der Waals surface area (Å²) in [6, 6.07) is 15.6. The lowest BCUT2D eigenvalue weighted by molar-refractivity contribution is -0.140. The number of Topliss-reactive ketones (excluding diaryl/α,β-unsaturated/α-hetero) is 1. The molecule has 190 valence electrons. The van der Waals surface area contributed by atoms with E-state index in [1.807, 2.05) is 49.4 Å². The largest absolute Gasteiger partial charge is 0.507 e. The second-order valence-electron chi connectivity index (χ2n) is 9.51. The quantitative estimate of drug-likeness (QED) is 0.199. The molecular formula is C30H30N2O5. The van der Waals surface area contributed by atoms with Crippen molar-refractivity contribution in [3.8, 4) is 11.5 Å². The van der Waals surface area contributed by atoms with Crippen LogP contribution >= 0.6 is 0 Å². The second kappa shape index (κ2) is 10.5. The van der Waals surface area contributed by atoms with E-state index in [9.17, 15) is 14.7 Å². The molecule has 1 amide bonds. The van der Waals surface area contributed by atoms with Crippen molar-refractivity contribution in [2.24, 2.45) is 0 Å². The van der Waals surface area contributed by atoms with Crippen molar-refractivity contribution < 1.29 is 24.2 Å². The molecule has 37 heavy (non-hydrogen) atoms. The Morgan fingerprint density at radius 1 is 1.14 bits per heavy atom. The second-order valence-corrected chi connectivity index (χ2v) is 9.51. The summed E-state index contributed by atoms with van der Waals surface area (Å²) < 4.78 is 11.7. The topological polar surface area (TPSA) is 89.0 Å². The van der Waals surface area contributed by atoms with Crippen LogP contribution in [0.25, 0.3) is 5.76 Å². The Bertz CT molecular complexity index is 1350. The molecule has 3 aromatic rings. The number of unbranched alkanes of at least 4 members (excludes halogenated alkanes) is 1. The van der Waals surface area contributed by atoms with Gasteiger partial charge in [-0.1, -0.05) is 25.5 Å². The summed E-state index contributed by atoms with van der Waals surface area (Å²) in [6.07, 6.45) is 6.00. The molecule has 1 saturated heterocycles. The maximum Gasteiger partial charge on any atom is 0.295 e. The number of pyridine rings is 1. The van der Waals surface area contributed by atoms with Crippen LogP contribution < -0.4 is 9.47 Å². The van der Waals surface area contributed by atoms with Crippen molar-refractivity contribution in [2.75, 3.05) is 6.61 Å². The van der Waals surface area contributed by atoms with E-state index in [4.69, 9.17) is 9.47 Å². The van der Waals surface area contributed by atoms with Gasteiger partial charge in [-0.3, -0.25) is 14.6 Å². The van der Waals surface area contributed by atoms with E-state index in [-0.39, 0.29) is 24.0 Å². The molecule has 0 aliphatic carbocycles. The van der Waals surface area contributed by atoms with Gasteiger partial charge in [0.05, 0.1) is 18.2 Å². The summed E-state index contributed by atoms with van der Waals surface area (Å²) in [4.78, 5) is 32.3. The number of fused-ring (bicyclic) bond motifs is 1. The molecule has 0 bridgehead atoms. The average Bonchev–Trinajstić information content (AvgIpc) is 3.40. The number of hydrogen-bond donors (Lipinski definition) is 1. The fraction of sp³-hybridized carbons (Fsp3) is 0.300. The highest BCUT2D eigenvalue weighted by molar-refractivity contribution is 6.46. The number of ether oxygens (including phenoxy) is 2. The zero-order valence-corrected chi connectivity index (χ0v) is 21.0. The van der Waals surface area contributed by atoms with Crippen LogP contribution in [0.15, 0.2) is 72.6 Å².